The summed E-state index contributed by atoms with van der Waals surface area (Å²) in [5.41, 5.74) is 1.87. The Morgan fingerprint density at radius 3 is 2.52 bits per heavy atom. The minimum atomic E-state index is -0.231. The van der Waals surface area contributed by atoms with E-state index in [1.54, 1.807) is 12.0 Å². The molecule has 0 aliphatic carbocycles. The van der Waals surface area contributed by atoms with E-state index < -0.39 is 0 Å². The molecule has 120 valence electrons. The molecule has 0 saturated heterocycles. The van der Waals surface area contributed by atoms with Crippen LogP contribution in [0.2, 0.25) is 0 Å². The predicted octanol–water partition coefficient (Wildman–Crippen LogP) is 2.92. The average molecular weight is 312 g/mol. The van der Waals surface area contributed by atoms with Gasteiger partial charge in [-0.2, -0.15) is 0 Å². The molecule has 1 heterocycles. The summed E-state index contributed by atoms with van der Waals surface area (Å²) in [5.74, 6) is 1.61. The lowest BCUT2D eigenvalue weighted by Crippen LogP contribution is -2.47. The van der Waals surface area contributed by atoms with E-state index >= 15 is 0 Å². The van der Waals surface area contributed by atoms with E-state index in [2.05, 4.69) is 5.32 Å². The fourth-order valence-corrected chi connectivity index (χ4v) is 2.64. The van der Waals surface area contributed by atoms with E-state index in [0.29, 0.717) is 13.2 Å². The van der Waals surface area contributed by atoms with Crippen molar-refractivity contribution in [2.75, 3.05) is 30.5 Å². The molecule has 1 N–H and O–H groups in total. The summed E-state index contributed by atoms with van der Waals surface area (Å²) >= 11 is 0. The number of fused-ring (bicyclic) bond motifs is 1. The maximum Gasteiger partial charge on any atom is 0.249 e. The van der Waals surface area contributed by atoms with Crippen LogP contribution < -0.4 is 19.7 Å². The molecule has 0 saturated carbocycles. The number of nitrogens with zero attached hydrogens (tertiary/aromatic N) is 1. The standard InChI is InChI=1S/C18H20N2O3/c1-13-18(21)20(17-6-4-3-5-16(17)19-13)11-12-23-15-9-7-14(22-2)8-10-15/h3-10,13,19H,11-12H2,1-2H3. The molecular formula is C18H20N2O3. The fourth-order valence-electron chi connectivity index (χ4n) is 2.64. The van der Waals surface area contributed by atoms with Crippen molar-refractivity contribution in [3.05, 3.63) is 48.5 Å². The lowest BCUT2D eigenvalue weighted by Gasteiger charge is -2.33. The summed E-state index contributed by atoms with van der Waals surface area (Å²) in [6.07, 6.45) is 0. The van der Waals surface area contributed by atoms with Gasteiger partial charge in [-0.05, 0) is 43.3 Å². The Labute approximate surface area is 135 Å². The van der Waals surface area contributed by atoms with Gasteiger partial charge in [-0.1, -0.05) is 12.1 Å². The Morgan fingerprint density at radius 1 is 1.09 bits per heavy atom. The van der Waals surface area contributed by atoms with Crippen LogP contribution in [0.15, 0.2) is 48.5 Å². The first-order chi connectivity index (χ1) is 11.2. The second kappa shape index (κ2) is 6.60. The number of hydrogen-bond acceptors (Lipinski definition) is 4. The molecule has 0 fully saturated rings. The number of para-hydroxylation sites is 2. The lowest BCUT2D eigenvalue weighted by molar-refractivity contribution is -0.119. The Kier molecular flexibility index (Phi) is 4.37. The normalized spacial score (nSPS) is 16.5. The van der Waals surface area contributed by atoms with Crippen molar-refractivity contribution in [2.45, 2.75) is 13.0 Å². The van der Waals surface area contributed by atoms with Crippen LogP contribution in [0.4, 0.5) is 11.4 Å². The first kappa shape index (κ1) is 15.2. The summed E-state index contributed by atoms with van der Waals surface area (Å²) in [7, 11) is 1.63. The van der Waals surface area contributed by atoms with Gasteiger partial charge in [0.2, 0.25) is 5.91 Å². The van der Waals surface area contributed by atoms with Gasteiger partial charge in [-0.3, -0.25) is 4.79 Å². The zero-order valence-electron chi connectivity index (χ0n) is 13.3. The highest BCUT2D eigenvalue weighted by Crippen LogP contribution is 2.30. The number of carbonyl (C=O) groups is 1. The SMILES string of the molecule is COc1ccc(OCCN2C(=O)C(C)Nc3ccccc32)cc1. The number of rotatable bonds is 5. The van der Waals surface area contributed by atoms with Crippen LogP contribution in [-0.2, 0) is 4.79 Å². The Balaban J connectivity index is 1.66. The molecule has 1 amide bonds. The summed E-state index contributed by atoms with van der Waals surface area (Å²) < 4.78 is 10.9. The maximum absolute atomic E-state index is 12.4. The lowest BCUT2D eigenvalue weighted by atomic mass is 10.1. The van der Waals surface area contributed by atoms with Gasteiger partial charge in [0.1, 0.15) is 24.1 Å². The third kappa shape index (κ3) is 3.23. The zero-order chi connectivity index (χ0) is 16.2. The van der Waals surface area contributed by atoms with Gasteiger partial charge in [0.15, 0.2) is 0 Å². The Hall–Kier alpha value is -2.69. The number of carbonyl (C=O) groups excluding carboxylic acids is 1. The largest absolute Gasteiger partial charge is 0.497 e. The van der Waals surface area contributed by atoms with Gasteiger partial charge in [-0.25, -0.2) is 0 Å². The number of benzene rings is 2. The van der Waals surface area contributed by atoms with Gasteiger partial charge in [0.05, 0.1) is 25.0 Å². The molecular weight excluding hydrogens is 292 g/mol. The van der Waals surface area contributed by atoms with E-state index in [0.717, 1.165) is 22.9 Å². The van der Waals surface area contributed by atoms with Gasteiger partial charge >= 0.3 is 0 Å². The number of nitrogens with one attached hydrogen (secondary N) is 1. The highest BCUT2D eigenvalue weighted by atomic mass is 16.5. The molecule has 2 aromatic rings. The van der Waals surface area contributed by atoms with Crippen molar-refractivity contribution < 1.29 is 14.3 Å². The second-order valence-electron chi connectivity index (χ2n) is 5.40. The molecule has 1 aliphatic rings. The fraction of sp³-hybridized carbons (Fsp3) is 0.278. The number of methoxy groups -OCH3 is 1. The molecule has 5 heteroatoms. The Morgan fingerprint density at radius 2 is 1.78 bits per heavy atom. The smallest absolute Gasteiger partial charge is 0.249 e. The van der Waals surface area contributed by atoms with Crippen molar-refractivity contribution in [3.8, 4) is 11.5 Å². The molecule has 0 radical (unpaired) electrons. The second-order valence-corrected chi connectivity index (χ2v) is 5.40. The zero-order valence-corrected chi connectivity index (χ0v) is 13.3. The van der Waals surface area contributed by atoms with Gasteiger partial charge < -0.3 is 19.7 Å². The summed E-state index contributed by atoms with van der Waals surface area (Å²) in [5, 5.41) is 3.21. The first-order valence-corrected chi connectivity index (χ1v) is 7.63. The van der Waals surface area contributed by atoms with Crippen LogP contribution in [0.3, 0.4) is 0 Å². The summed E-state index contributed by atoms with van der Waals surface area (Å²) in [4.78, 5) is 14.2. The third-order valence-electron chi connectivity index (χ3n) is 3.85. The minimum absolute atomic E-state index is 0.0574. The predicted molar refractivity (Wildman–Crippen MR) is 90.4 cm³/mol. The monoisotopic (exact) mass is 312 g/mol. The molecule has 23 heavy (non-hydrogen) atoms. The van der Waals surface area contributed by atoms with E-state index in [1.165, 1.54) is 0 Å². The first-order valence-electron chi connectivity index (χ1n) is 7.63. The molecule has 1 aliphatic heterocycles. The van der Waals surface area contributed by atoms with Crippen LogP contribution in [0.5, 0.6) is 11.5 Å². The highest BCUT2D eigenvalue weighted by Gasteiger charge is 2.28. The molecule has 0 bridgehead atoms. The van der Waals surface area contributed by atoms with E-state index in [9.17, 15) is 4.79 Å². The molecule has 2 aromatic carbocycles. The van der Waals surface area contributed by atoms with Crippen LogP contribution in [0.1, 0.15) is 6.92 Å². The van der Waals surface area contributed by atoms with Gasteiger partial charge in [-0.15, -0.1) is 0 Å². The van der Waals surface area contributed by atoms with E-state index in [4.69, 9.17) is 9.47 Å². The number of anilines is 2. The topological polar surface area (TPSA) is 50.8 Å². The third-order valence-corrected chi connectivity index (χ3v) is 3.85. The average Bonchev–Trinajstić information content (AvgIpc) is 2.59. The summed E-state index contributed by atoms with van der Waals surface area (Å²) in [6.45, 7) is 2.81. The molecule has 1 atom stereocenters. The molecule has 5 nitrogen and oxygen atoms in total. The molecule has 1 unspecified atom stereocenters. The van der Waals surface area contributed by atoms with Crippen molar-refractivity contribution in [1.82, 2.24) is 0 Å². The molecule has 0 spiro atoms. The van der Waals surface area contributed by atoms with Crippen LogP contribution >= 0.6 is 0 Å². The maximum atomic E-state index is 12.4. The Bertz CT molecular complexity index is 685. The highest BCUT2D eigenvalue weighted by molar-refractivity contribution is 6.04. The molecule has 3 rings (SSSR count). The molecule has 0 aromatic heterocycles. The quantitative estimate of drug-likeness (QED) is 0.922. The van der Waals surface area contributed by atoms with Crippen molar-refractivity contribution in [3.63, 3.8) is 0 Å². The van der Waals surface area contributed by atoms with Crippen LogP contribution in [0.25, 0.3) is 0 Å². The van der Waals surface area contributed by atoms with Crippen LogP contribution in [-0.4, -0.2) is 32.2 Å². The van der Waals surface area contributed by atoms with Crippen molar-refractivity contribution in [1.29, 1.82) is 0 Å². The number of hydrogen-bond donors (Lipinski definition) is 1. The van der Waals surface area contributed by atoms with Gasteiger partial charge in [0, 0.05) is 0 Å². The summed E-state index contributed by atoms with van der Waals surface area (Å²) in [6, 6.07) is 15.0. The van der Waals surface area contributed by atoms with E-state index in [1.807, 2.05) is 55.5 Å². The van der Waals surface area contributed by atoms with Crippen LogP contribution in [0, 0.1) is 0 Å². The number of ether oxygens (including phenoxy) is 2. The minimum Gasteiger partial charge on any atom is -0.497 e. The number of amides is 1. The van der Waals surface area contributed by atoms with Crippen molar-refractivity contribution >= 4 is 17.3 Å². The van der Waals surface area contributed by atoms with E-state index in [-0.39, 0.29) is 11.9 Å². The van der Waals surface area contributed by atoms with Crippen molar-refractivity contribution in [2.24, 2.45) is 0 Å². The van der Waals surface area contributed by atoms with Gasteiger partial charge in [0.25, 0.3) is 0 Å².